The molecule has 0 aromatic heterocycles. The fraction of sp³-hybridized carbons (Fsp3) is 0.316. The molecule has 1 aliphatic rings. The number of anilines is 1. The van der Waals surface area contributed by atoms with E-state index in [2.05, 4.69) is 10.2 Å². The number of sulfonamides is 1. The first-order chi connectivity index (χ1) is 12.8. The number of halogens is 1. The Kier molecular flexibility index (Phi) is 5.88. The summed E-state index contributed by atoms with van der Waals surface area (Å²) in [7, 11) is -3.58. The zero-order valence-corrected chi connectivity index (χ0v) is 15.9. The second kappa shape index (κ2) is 8.16. The summed E-state index contributed by atoms with van der Waals surface area (Å²) in [5.74, 6) is -0.476. The average Bonchev–Trinajstić information content (AvgIpc) is 2.62. The van der Waals surface area contributed by atoms with Crippen LogP contribution in [0.5, 0.6) is 0 Å². The van der Waals surface area contributed by atoms with Gasteiger partial charge in [0.25, 0.3) is 0 Å². The maximum Gasteiger partial charge on any atom is 0.243 e. The number of hydrogen-bond donors (Lipinski definition) is 1. The molecule has 1 heterocycles. The first-order valence-corrected chi connectivity index (χ1v) is 10.1. The minimum Gasteiger partial charge on any atom is -0.326 e. The van der Waals surface area contributed by atoms with E-state index in [0.717, 1.165) is 5.56 Å². The van der Waals surface area contributed by atoms with Gasteiger partial charge in [-0.15, -0.1) is 0 Å². The highest BCUT2D eigenvalue weighted by Crippen LogP contribution is 2.20. The van der Waals surface area contributed by atoms with E-state index >= 15 is 0 Å². The van der Waals surface area contributed by atoms with Crippen LogP contribution in [0.2, 0.25) is 0 Å². The van der Waals surface area contributed by atoms with Crippen LogP contribution in [0.4, 0.5) is 10.1 Å². The molecular formula is C19H22FN3O3S. The van der Waals surface area contributed by atoms with Crippen molar-refractivity contribution in [2.45, 2.75) is 18.4 Å². The van der Waals surface area contributed by atoms with Crippen LogP contribution < -0.4 is 5.32 Å². The van der Waals surface area contributed by atoms with Crippen LogP contribution in [-0.2, 0) is 21.4 Å². The predicted octanol–water partition coefficient (Wildman–Crippen LogP) is 2.29. The van der Waals surface area contributed by atoms with E-state index in [0.29, 0.717) is 38.4 Å². The van der Waals surface area contributed by atoms with E-state index in [1.165, 1.54) is 35.5 Å². The lowest BCUT2D eigenvalue weighted by Crippen LogP contribution is -2.48. The first kappa shape index (κ1) is 19.5. The van der Waals surface area contributed by atoms with Crippen LogP contribution in [0.25, 0.3) is 0 Å². The molecule has 0 spiro atoms. The van der Waals surface area contributed by atoms with Gasteiger partial charge in [-0.25, -0.2) is 12.8 Å². The van der Waals surface area contributed by atoms with E-state index in [1.807, 2.05) is 6.07 Å². The lowest BCUT2D eigenvalue weighted by molar-refractivity contribution is -0.114. The molecule has 1 fully saturated rings. The van der Waals surface area contributed by atoms with E-state index < -0.39 is 10.0 Å². The summed E-state index contributed by atoms with van der Waals surface area (Å²) in [6, 6.07) is 12.6. The Morgan fingerprint density at radius 1 is 1.07 bits per heavy atom. The Morgan fingerprint density at radius 2 is 1.74 bits per heavy atom. The van der Waals surface area contributed by atoms with Gasteiger partial charge in [0.1, 0.15) is 5.82 Å². The molecule has 1 saturated heterocycles. The molecule has 144 valence electrons. The standard InChI is InChI=1S/C19H22FN3O3S/c1-15(24)21-18-5-7-19(8-6-18)27(25,26)23-11-9-22(10-12-23)14-16-3-2-4-17(20)13-16/h2-8,13H,9-12,14H2,1H3,(H,21,24). The summed E-state index contributed by atoms with van der Waals surface area (Å²) >= 11 is 0. The number of hydrogen-bond acceptors (Lipinski definition) is 4. The van der Waals surface area contributed by atoms with E-state index in [4.69, 9.17) is 0 Å². The Morgan fingerprint density at radius 3 is 2.33 bits per heavy atom. The zero-order valence-electron chi connectivity index (χ0n) is 15.1. The molecule has 0 aliphatic carbocycles. The van der Waals surface area contributed by atoms with Crippen LogP contribution in [0.15, 0.2) is 53.4 Å². The molecule has 0 radical (unpaired) electrons. The van der Waals surface area contributed by atoms with Gasteiger partial charge in [-0.2, -0.15) is 4.31 Å². The Labute approximate surface area is 158 Å². The highest BCUT2D eigenvalue weighted by atomic mass is 32.2. The minimum atomic E-state index is -3.58. The van der Waals surface area contributed by atoms with E-state index in [1.54, 1.807) is 18.2 Å². The van der Waals surface area contributed by atoms with Crippen molar-refractivity contribution in [3.05, 3.63) is 59.9 Å². The Hall–Kier alpha value is -2.29. The van der Waals surface area contributed by atoms with E-state index in [-0.39, 0.29) is 16.6 Å². The molecular weight excluding hydrogens is 369 g/mol. The number of rotatable bonds is 5. The van der Waals surface area contributed by atoms with Crippen molar-refractivity contribution >= 4 is 21.6 Å². The average molecular weight is 391 g/mol. The maximum absolute atomic E-state index is 13.3. The molecule has 1 amide bonds. The van der Waals surface area contributed by atoms with Crippen LogP contribution in [0.1, 0.15) is 12.5 Å². The molecule has 0 unspecified atom stereocenters. The van der Waals surface area contributed by atoms with Crippen molar-refractivity contribution in [1.82, 2.24) is 9.21 Å². The molecule has 0 bridgehead atoms. The molecule has 27 heavy (non-hydrogen) atoms. The number of amides is 1. The fourth-order valence-electron chi connectivity index (χ4n) is 3.08. The number of benzene rings is 2. The molecule has 3 rings (SSSR count). The van der Waals surface area contributed by atoms with Gasteiger partial charge >= 0.3 is 0 Å². The van der Waals surface area contributed by atoms with Crippen LogP contribution in [0.3, 0.4) is 0 Å². The van der Waals surface area contributed by atoms with Crippen molar-refractivity contribution in [2.24, 2.45) is 0 Å². The van der Waals surface area contributed by atoms with Crippen molar-refractivity contribution in [3.8, 4) is 0 Å². The molecule has 6 nitrogen and oxygen atoms in total. The van der Waals surface area contributed by atoms with Gasteiger partial charge in [0.15, 0.2) is 0 Å². The SMILES string of the molecule is CC(=O)Nc1ccc(S(=O)(=O)N2CCN(Cc3cccc(F)c3)CC2)cc1. The predicted molar refractivity (Wildman–Crippen MR) is 101 cm³/mol. The summed E-state index contributed by atoms with van der Waals surface area (Å²) in [4.78, 5) is 13.4. The fourth-order valence-corrected chi connectivity index (χ4v) is 4.51. The molecule has 0 atom stereocenters. The molecule has 2 aromatic carbocycles. The third kappa shape index (κ3) is 4.91. The topological polar surface area (TPSA) is 69.7 Å². The maximum atomic E-state index is 13.3. The molecule has 0 saturated carbocycles. The second-order valence-electron chi connectivity index (χ2n) is 6.52. The second-order valence-corrected chi connectivity index (χ2v) is 8.45. The molecule has 2 aromatic rings. The quantitative estimate of drug-likeness (QED) is 0.849. The van der Waals surface area contributed by atoms with Crippen LogP contribution in [0, 0.1) is 5.82 Å². The number of carbonyl (C=O) groups is 1. The van der Waals surface area contributed by atoms with Gasteiger partial charge in [-0.1, -0.05) is 12.1 Å². The van der Waals surface area contributed by atoms with Crippen LogP contribution >= 0.6 is 0 Å². The van der Waals surface area contributed by atoms with Crippen LogP contribution in [-0.4, -0.2) is 49.7 Å². The summed E-state index contributed by atoms with van der Waals surface area (Å²) in [5.41, 5.74) is 1.43. The number of piperazine rings is 1. The minimum absolute atomic E-state index is 0.204. The van der Waals surface area contributed by atoms with Gasteiger partial charge < -0.3 is 5.32 Å². The molecule has 8 heteroatoms. The number of carbonyl (C=O) groups excluding carboxylic acids is 1. The monoisotopic (exact) mass is 391 g/mol. The number of nitrogens with one attached hydrogen (secondary N) is 1. The normalized spacial score (nSPS) is 16.2. The van der Waals surface area contributed by atoms with Gasteiger partial charge in [0.05, 0.1) is 4.90 Å². The smallest absolute Gasteiger partial charge is 0.243 e. The highest BCUT2D eigenvalue weighted by Gasteiger charge is 2.28. The van der Waals surface area contributed by atoms with Crippen molar-refractivity contribution in [3.63, 3.8) is 0 Å². The third-order valence-electron chi connectivity index (χ3n) is 4.44. The summed E-state index contributed by atoms with van der Waals surface area (Å²) in [6.07, 6.45) is 0. The van der Waals surface area contributed by atoms with Gasteiger partial charge in [-0.05, 0) is 42.0 Å². The van der Waals surface area contributed by atoms with E-state index in [9.17, 15) is 17.6 Å². The van der Waals surface area contributed by atoms with Gasteiger partial charge in [-0.3, -0.25) is 9.69 Å². The van der Waals surface area contributed by atoms with Crippen molar-refractivity contribution in [1.29, 1.82) is 0 Å². The summed E-state index contributed by atoms with van der Waals surface area (Å²) < 4.78 is 40.4. The lowest BCUT2D eigenvalue weighted by Gasteiger charge is -2.34. The first-order valence-electron chi connectivity index (χ1n) is 8.69. The van der Waals surface area contributed by atoms with Gasteiger partial charge in [0, 0.05) is 45.3 Å². The summed E-state index contributed by atoms with van der Waals surface area (Å²) in [5, 5.41) is 2.62. The molecule has 1 N–H and O–H groups in total. The zero-order chi connectivity index (χ0) is 19.4. The van der Waals surface area contributed by atoms with Crippen molar-refractivity contribution < 1.29 is 17.6 Å². The number of nitrogens with zero attached hydrogens (tertiary/aromatic N) is 2. The summed E-state index contributed by atoms with van der Waals surface area (Å²) in [6.45, 7) is 3.92. The highest BCUT2D eigenvalue weighted by molar-refractivity contribution is 7.89. The molecule has 1 aliphatic heterocycles. The Bertz CT molecular complexity index is 908. The van der Waals surface area contributed by atoms with Gasteiger partial charge in [0.2, 0.25) is 15.9 Å². The Balaban J connectivity index is 1.61. The third-order valence-corrected chi connectivity index (χ3v) is 6.35. The lowest BCUT2D eigenvalue weighted by atomic mass is 10.2. The van der Waals surface area contributed by atoms with Crippen molar-refractivity contribution in [2.75, 3.05) is 31.5 Å². The largest absolute Gasteiger partial charge is 0.326 e.